The van der Waals surface area contributed by atoms with Gasteiger partial charge in [-0.15, -0.1) is 16.4 Å². The van der Waals surface area contributed by atoms with Crippen LogP contribution in [0.4, 0.5) is 0 Å². The van der Waals surface area contributed by atoms with Gasteiger partial charge in [-0.1, -0.05) is 22.9 Å². The third kappa shape index (κ3) is 3.66. The van der Waals surface area contributed by atoms with Gasteiger partial charge in [0, 0.05) is 5.38 Å². The molecule has 0 amide bonds. The number of rotatable bonds is 5. The van der Waals surface area contributed by atoms with E-state index in [1.165, 1.54) is 5.56 Å². The Morgan fingerprint density at radius 3 is 2.67 bits per heavy atom. The van der Waals surface area contributed by atoms with Crippen LogP contribution in [0, 0.1) is 13.8 Å². The molecule has 0 spiro atoms. The summed E-state index contributed by atoms with van der Waals surface area (Å²) < 4.78 is 7.47. The van der Waals surface area contributed by atoms with Gasteiger partial charge in [-0.25, -0.2) is 9.67 Å². The maximum absolute atomic E-state index is 5.69. The molecule has 0 radical (unpaired) electrons. The Labute approximate surface area is 127 Å². The van der Waals surface area contributed by atoms with Gasteiger partial charge in [-0.3, -0.25) is 0 Å². The van der Waals surface area contributed by atoms with Crippen LogP contribution in [-0.4, -0.2) is 20.0 Å². The van der Waals surface area contributed by atoms with Crippen LogP contribution in [0.2, 0.25) is 0 Å². The molecule has 0 saturated carbocycles. The standard InChI is InChI=1S/C15H16N4OS/c1-11-3-5-15(6-4-11)20-9-13-7-19(18-17-13)8-14-10-21-12(2)16-14/h3-7,10H,8-9H2,1-2H3. The number of aryl methyl sites for hydroxylation is 2. The molecule has 21 heavy (non-hydrogen) atoms. The lowest BCUT2D eigenvalue weighted by Crippen LogP contribution is -2.00. The minimum absolute atomic E-state index is 0.416. The Morgan fingerprint density at radius 1 is 1.14 bits per heavy atom. The maximum atomic E-state index is 5.69. The summed E-state index contributed by atoms with van der Waals surface area (Å²) in [5, 5.41) is 11.3. The van der Waals surface area contributed by atoms with E-state index in [1.54, 1.807) is 16.0 Å². The van der Waals surface area contributed by atoms with Crippen molar-refractivity contribution < 1.29 is 4.74 Å². The van der Waals surface area contributed by atoms with Crippen molar-refractivity contribution >= 4 is 11.3 Å². The van der Waals surface area contributed by atoms with E-state index in [4.69, 9.17) is 4.74 Å². The number of hydrogen-bond acceptors (Lipinski definition) is 5. The fourth-order valence-electron chi connectivity index (χ4n) is 1.92. The van der Waals surface area contributed by atoms with Crippen LogP contribution in [0.25, 0.3) is 0 Å². The molecular formula is C15H16N4OS. The van der Waals surface area contributed by atoms with Crippen molar-refractivity contribution in [1.29, 1.82) is 0 Å². The monoisotopic (exact) mass is 300 g/mol. The molecule has 0 fully saturated rings. The first-order chi connectivity index (χ1) is 10.2. The number of thiazole rings is 1. The second kappa shape index (κ2) is 6.05. The average molecular weight is 300 g/mol. The first kappa shape index (κ1) is 13.8. The molecule has 0 atom stereocenters. The first-order valence-corrected chi connectivity index (χ1v) is 7.56. The van der Waals surface area contributed by atoms with Gasteiger partial charge in [0.2, 0.25) is 0 Å². The molecule has 3 aromatic rings. The van der Waals surface area contributed by atoms with Crippen molar-refractivity contribution in [3.63, 3.8) is 0 Å². The quantitative estimate of drug-likeness (QED) is 0.727. The molecule has 0 aliphatic carbocycles. The van der Waals surface area contributed by atoms with Gasteiger partial charge in [0.25, 0.3) is 0 Å². The van der Waals surface area contributed by atoms with E-state index >= 15 is 0 Å². The largest absolute Gasteiger partial charge is 0.487 e. The first-order valence-electron chi connectivity index (χ1n) is 6.68. The van der Waals surface area contributed by atoms with Gasteiger partial charge in [0.15, 0.2) is 0 Å². The topological polar surface area (TPSA) is 52.8 Å². The lowest BCUT2D eigenvalue weighted by molar-refractivity contribution is 0.301. The van der Waals surface area contributed by atoms with Gasteiger partial charge < -0.3 is 4.74 Å². The Hall–Kier alpha value is -2.21. The molecule has 6 heteroatoms. The molecule has 0 N–H and O–H groups in total. The molecule has 0 unspecified atom stereocenters. The van der Waals surface area contributed by atoms with E-state index < -0.39 is 0 Å². The predicted molar refractivity (Wildman–Crippen MR) is 81.5 cm³/mol. The molecule has 0 aliphatic heterocycles. The van der Waals surface area contributed by atoms with Crippen LogP contribution in [-0.2, 0) is 13.2 Å². The fraction of sp³-hybridized carbons (Fsp3) is 0.267. The number of ether oxygens (including phenoxy) is 1. The van der Waals surface area contributed by atoms with Crippen LogP contribution < -0.4 is 4.74 Å². The minimum atomic E-state index is 0.416. The molecular weight excluding hydrogens is 284 g/mol. The summed E-state index contributed by atoms with van der Waals surface area (Å²) in [6.45, 7) is 5.10. The molecule has 2 heterocycles. The lowest BCUT2D eigenvalue weighted by Gasteiger charge is -2.03. The van der Waals surface area contributed by atoms with E-state index in [0.29, 0.717) is 13.2 Å². The molecule has 2 aromatic heterocycles. The molecule has 3 rings (SSSR count). The van der Waals surface area contributed by atoms with E-state index in [0.717, 1.165) is 22.1 Å². The molecule has 108 valence electrons. The lowest BCUT2D eigenvalue weighted by atomic mass is 10.2. The van der Waals surface area contributed by atoms with Crippen molar-refractivity contribution in [3.05, 3.63) is 57.8 Å². The molecule has 5 nitrogen and oxygen atoms in total. The fourth-order valence-corrected chi connectivity index (χ4v) is 2.52. The summed E-state index contributed by atoms with van der Waals surface area (Å²) in [6, 6.07) is 7.96. The second-order valence-electron chi connectivity index (χ2n) is 4.87. The van der Waals surface area contributed by atoms with Gasteiger partial charge in [0.05, 0.1) is 23.4 Å². The highest BCUT2D eigenvalue weighted by Crippen LogP contribution is 2.13. The van der Waals surface area contributed by atoms with Crippen molar-refractivity contribution in [2.24, 2.45) is 0 Å². The van der Waals surface area contributed by atoms with Crippen LogP contribution in [0.5, 0.6) is 5.75 Å². The third-order valence-electron chi connectivity index (χ3n) is 2.98. The van der Waals surface area contributed by atoms with Crippen molar-refractivity contribution in [1.82, 2.24) is 20.0 Å². The highest BCUT2D eigenvalue weighted by Gasteiger charge is 2.05. The molecule has 0 bridgehead atoms. The maximum Gasteiger partial charge on any atom is 0.134 e. The van der Waals surface area contributed by atoms with Crippen molar-refractivity contribution in [2.45, 2.75) is 27.0 Å². The molecule has 0 aliphatic rings. The number of benzene rings is 1. The Bertz CT molecular complexity index is 717. The number of aromatic nitrogens is 4. The minimum Gasteiger partial charge on any atom is -0.487 e. The highest BCUT2D eigenvalue weighted by molar-refractivity contribution is 7.09. The van der Waals surface area contributed by atoms with E-state index in [2.05, 4.69) is 22.2 Å². The smallest absolute Gasteiger partial charge is 0.134 e. The predicted octanol–water partition coefficient (Wildman–Crippen LogP) is 2.98. The zero-order valence-corrected chi connectivity index (χ0v) is 12.8. The van der Waals surface area contributed by atoms with Crippen molar-refractivity contribution in [3.8, 4) is 5.75 Å². The van der Waals surface area contributed by atoms with Crippen LogP contribution >= 0.6 is 11.3 Å². The zero-order chi connectivity index (χ0) is 14.7. The highest BCUT2D eigenvalue weighted by atomic mass is 32.1. The van der Waals surface area contributed by atoms with Gasteiger partial charge >= 0.3 is 0 Å². The van der Waals surface area contributed by atoms with Gasteiger partial charge in [0.1, 0.15) is 18.1 Å². The Morgan fingerprint density at radius 2 is 1.95 bits per heavy atom. The summed E-state index contributed by atoms with van der Waals surface area (Å²) in [4.78, 5) is 4.42. The summed E-state index contributed by atoms with van der Waals surface area (Å²) in [6.07, 6.45) is 1.89. The summed E-state index contributed by atoms with van der Waals surface area (Å²) >= 11 is 1.64. The van der Waals surface area contributed by atoms with Crippen LogP contribution in [0.1, 0.15) is 22.0 Å². The number of hydrogen-bond donors (Lipinski definition) is 0. The third-order valence-corrected chi connectivity index (χ3v) is 3.81. The van der Waals surface area contributed by atoms with Crippen molar-refractivity contribution in [2.75, 3.05) is 0 Å². The average Bonchev–Trinajstić information content (AvgIpc) is 3.08. The van der Waals surface area contributed by atoms with E-state index in [-0.39, 0.29) is 0 Å². The molecule has 0 saturated heterocycles. The zero-order valence-electron chi connectivity index (χ0n) is 12.0. The number of nitrogens with zero attached hydrogens (tertiary/aromatic N) is 4. The Kier molecular flexibility index (Phi) is 3.96. The second-order valence-corrected chi connectivity index (χ2v) is 5.93. The van der Waals surface area contributed by atoms with Crippen LogP contribution in [0.15, 0.2) is 35.8 Å². The van der Waals surface area contributed by atoms with Gasteiger partial charge in [-0.2, -0.15) is 0 Å². The molecule has 1 aromatic carbocycles. The van der Waals surface area contributed by atoms with Crippen LogP contribution in [0.3, 0.4) is 0 Å². The van der Waals surface area contributed by atoms with E-state index in [1.807, 2.05) is 42.8 Å². The SMILES string of the molecule is Cc1ccc(OCc2cn(Cc3csc(C)n3)nn2)cc1. The normalized spacial score (nSPS) is 10.8. The summed E-state index contributed by atoms with van der Waals surface area (Å²) in [5.41, 5.74) is 3.03. The summed E-state index contributed by atoms with van der Waals surface area (Å²) in [5.74, 6) is 0.838. The summed E-state index contributed by atoms with van der Waals surface area (Å²) in [7, 11) is 0. The van der Waals surface area contributed by atoms with Gasteiger partial charge in [-0.05, 0) is 26.0 Å². The van der Waals surface area contributed by atoms with E-state index in [9.17, 15) is 0 Å². The Balaban J connectivity index is 1.58.